The zero-order valence-electron chi connectivity index (χ0n) is 13.8. The summed E-state index contributed by atoms with van der Waals surface area (Å²) in [4.78, 5) is 0. The Hall–Kier alpha value is 0.984. The molecule has 0 amide bonds. The van der Waals surface area contributed by atoms with Gasteiger partial charge in [0, 0.05) is 0 Å². The summed E-state index contributed by atoms with van der Waals surface area (Å²) in [5.74, 6) is 0. The topological polar surface area (TPSA) is 0 Å². The van der Waals surface area contributed by atoms with E-state index in [-0.39, 0.29) is 7.92 Å². The molecule has 2 aliphatic carbocycles. The molecule has 0 atom stereocenters. The fourth-order valence-electron chi connectivity index (χ4n) is 3.79. The van der Waals surface area contributed by atoms with Crippen LogP contribution in [-0.4, -0.2) is 17.5 Å². The fraction of sp³-hybridized carbons (Fsp3) is 0.778. The molecule has 0 spiro atoms. The minimum absolute atomic E-state index is 0.266. The summed E-state index contributed by atoms with van der Waals surface area (Å²) in [5, 5.41) is 0. The van der Waals surface area contributed by atoms with E-state index in [0.29, 0.717) is 12.7 Å². The standard InChI is InChI=1S/C18H31P.2ClH.Ni/c1-2-3-4-11-16-19(17-12-7-5-8-13-17)18-14-9-6-10-15-18;;;/h2-4,11,17-18H,5-10,12-16H2,1H3;2*1H;/q;;;+2/p-2. The van der Waals surface area contributed by atoms with Crippen molar-refractivity contribution in [1.82, 2.24) is 0 Å². The van der Waals surface area contributed by atoms with E-state index < -0.39 is 0 Å². The first-order chi connectivity index (χ1) is 10.8. The summed E-state index contributed by atoms with van der Waals surface area (Å²) >= 11 is 0.569. The average Bonchev–Trinajstić information content (AvgIpc) is 2.57. The van der Waals surface area contributed by atoms with Crippen molar-refractivity contribution in [1.29, 1.82) is 0 Å². The van der Waals surface area contributed by atoms with Gasteiger partial charge < -0.3 is 0 Å². The molecular formula is C18H31Cl2NiP. The van der Waals surface area contributed by atoms with E-state index in [1.54, 1.807) is 25.7 Å². The Morgan fingerprint density at radius 1 is 0.864 bits per heavy atom. The van der Waals surface area contributed by atoms with Gasteiger partial charge in [-0.15, -0.1) is 0 Å². The average molecular weight is 408 g/mol. The molecule has 0 nitrogen and oxygen atoms in total. The van der Waals surface area contributed by atoms with Gasteiger partial charge in [-0.2, -0.15) is 0 Å². The Morgan fingerprint density at radius 3 is 1.73 bits per heavy atom. The van der Waals surface area contributed by atoms with Crippen molar-refractivity contribution >= 4 is 28.3 Å². The summed E-state index contributed by atoms with van der Waals surface area (Å²) in [6.45, 7) is 2.11. The molecule has 0 aromatic heterocycles. The van der Waals surface area contributed by atoms with Crippen LogP contribution in [0.2, 0.25) is 0 Å². The van der Waals surface area contributed by atoms with E-state index in [2.05, 4.69) is 31.2 Å². The van der Waals surface area contributed by atoms with E-state index in [4.69, 9.17) is 20.4 Å². The van der Waals surface area contributed by atoms with Crippen molar-refractivity contribution in [3.8, 4) is 0 Å². The number of halogens is 2. The van der Waals surface area contributed by atoms with Crippen molar-refractivity contribution < 1.29 is 12.7 Å². The molecule has 0 N–H and O–H groups in total. The predicted octanol–water partition coefficient (Wildman–Crippen LogP) is 7.64. The molecule has 0 aliphatic heterocycles. The van der Waals surface area contributed by atoms with Crippen LogP contribution in [0.5, 0.6) is 0 Å². The van der Waals surface area contributed by atoms with Crippen LogP contribution in [-0.2, 0) is 12.7 Å². The zero-order valence-corrected chi connectivity index (χ0v) is 17.2. The first-order valence-electron chi connectivity index (χ1n) is 8.69. The molecule has 0 aromatic carbocycles. The molecule has 0 unspecified atom stereocenters. The maximum absolute atomic E-state index is 4.70. The van der Waals surface area contributed by atoms with Crippen molar-refractivity contribution in [3.05, 3.63) is 24.3 Å². The summed E-state index contributed by atoms with van der Waals surface area (Å²) in [5.41, 5.74) is 2.20. The molecule has 4 heteroatoms. The molecule has 22 heavy (non-hydrogen) atoms. The molecular weight excluding hydrogens is 377 g/mol. The third-order valence-corrected chi connectivity index (χ3v) is 8.38. The van der Waals surface area contributed by atoms with Crippen LogP contribution in [0.15, 0.2) is 24.3 Å². The van der Waals surface area contributed by atoms with Crippen LogP contribution in [0.4, 0.5) is 0 Å². The van der Waals surface area contributed by atoms with Crippen LogP contribution < -0.4 is 0 Å². The maximum atomic E-state index is 4.70. The Labute approximate surface area is 153 Å². The van der Waals surface area contributed by atoms with Gasteiger partial charge in [-0.3, -0.25) is 0 Å². The quantitative estimate of drug-likeness (QED) is 0.249. The molecule has 2 aliphatic rings. The van der Waals surface area contributed by atoms with Crippen LogP contribution in [0.3, 0.4) is 0 Å². The number of hydrogen-bond acceptors (Lipinski definition) is 0. The molecule has 0 heterocycles. The van der Waals surface area contributed by atoms with Gasteiger partial charge in [0.05, 0.1) is 0 Å². The van der Waals surface area contributed by atoms with E-state index in [0.717, 1.165) is 11.3 Å². The second-order valence-electron chi connectivity index (χ2n) is 6.28. The normalized spacial score (nSPS) is 21.6. The first-order valence-corrected chi connectivity index (χ1v) is 13.1. The van der Waals surface area contributed by atoms with Crippen LogP contribution >= 0.6 is 28.3 Å². The first kappa shape index (κ1) is 21.0. The SMILES string of the molecule is CC=CC=CCP(C1CCCCC1)C1CCCCC1.[Cl][Ni][Cl]. The Kier molecular flexibility index (Phi) is 13.7. The molecule has 2 rings (SSSR count). The molecule has 0 aromatic rings. The van der Waals surface area contributed by atoms with Crippen LogP contribution in [0, 0.1) is 0 Å². The fourth-order valence-corrected chi connectivity index (χ4v) is 7.41. The van der Waals surface area contributed by atoms with Gasteiger partial charge in [0.25, 0.3) is 0 Å². The summed E-state index contributed by atoms with van der Waals surface area (Å²) < 4.78 is 0. The molecule has 0 saturated heterocycles. The van der Waals surface area contributed by atoms with Crippen LogP contribution in [0.25, 0.3) is 0 Å². The van der Waals surface area contributed by atoms with Gasteiger partial charge in [-0.1, -0.05) is 70.8 Å². The summed E-state index contributed by atoms with van der Waals surface area (Å²) in [6, 6.07) is 0. The Bertz CT molecular complexity index is 290. The summed E-state index contributed by atoms with van der Waals surface area (Å²) in [6.07, 6.45) is 25.7. The molecule has 2 fully saturated rings. The van der Waals surface area contributed by atoms with Gasteiger partial charge in [0.15, 0.2) is 0 Å². The third kappa shape index (κ3) is 8.73. The Balaban J connectivity index is 0.000000745. The Morgan fingerprint density at radius 2 is 1.32 bits per heavy atom. The number of allylic oxidation sites excluding steroid dienone is 4. The van der Waals surface area contributed by atoms with Gasteiger partial charge >= 0.3 is 33.0 Å². The second kappa shape index (κ2) is 14.3. The van der Waals surface area contributed by atoms with Crippen molar-refractivity contribution in [2.45, 2.75) is 82.4 Å². The summed E-state index contributed by atoms with van der Waals surface area (Å²) in [7, 11) is 9.67. The molecule has 132 valence electrons. The third-order valence-electron chi connectivity index (χ3n) is 4.84. The molecule has 0 radical (unpaired) electrons. The monoisotopic (exact) mass is 406 g/mol. The van der Waals surface area contributed by atoms with Crippen molar-refractivity contribution in [2.75, 3.05) is 6.16 Å². The molecule has 0 bridgehead atoms. The number of hydrogen-bond donors (Lipinski definition) is 0. The van der Waals surface area contributed by atoms with Crippen LogP contribution in [0.1, 0.15) is 71.1 Å². The second-order valence-corrected chi connectivity index (χ2v) is 10.8. The van der Waals surface area contributed by atoms with Crippen molar-refractivity contribution in [3.63, 3.8) is 0 Å². The minimum atomic E-state index is 0.266. The molecule has 2 saturated carbocycles. The van der Waals surface area contributed by atoms with E-state index >= 15 is 0 Å². The van der Waals surface area contributed by atoms with Gasteiger partial charge in [-0.05, 0) is 50.1 Å². The number of rotatable bonds is 5. The zero-order chi connectivity index (χ0) is 16.0. The van der Waals surface area contributed by atoms with Crippen molar-refractivity contribution in [2.24, 2.45) is 0 Å². The van der Waals surface area contributed by atoms with Gasteiger partial charge in [0.2, 0.25) is 0 Å². The van der Waals surface area contributed by atoms with E-state index in [9.17, 15) is 0 Å². The van der Waals surface area contributed by atoms with E-state index in [1.807, 2.05) is 0 Å². The van der Waals surface area contributed by atoms with Gasteiger partial charge in [0.1, 0.15) is 0 Å². The predicted molar refractivity (Wildman–Crippen MR) is 101 cm³/mol. The van der Waals surface area contributed by atoms with E-state index in [1.165, 1.54) is 44.7 Å². The van der Waals surface area contributed by atoms with Gasteiger partial charge in [-0.25, -0.2) is 0 Å².